The molecule has 2 nitrogen and oxygen atoms in total. The summed E-state index contributed by atoms with van der Waals surface area (Å²) in [6, 6.07) is 0. The number of likely N-dealkylation sites (N-methyl/N-ethyl adjacent to an activating group) is 1. The lowest BCUT2D eigenvalue weighted by Crippen LogP contribution is -2.44. The van der Waals surface area contributed by atoms with Crippen molar-refractivity contribution >= 4 is 5.78 Å². The van der Waals surface area contributed by atoms with Gasteiger partial charge in [-0.15, -0.1) is 0 Å². The van der Waals surface area contributed by atoms with Crippen LogP contribution in [0.5, 0.6) is 0 Å². The fourth-order valence-electron chi connectivity index (χ4n) is 2.27. The maximum absolute atomic E-state index is 12.1. The molecule has 0 radical (unpaired) electrons. The molecule has 2 heteroatoms. The number of carbonyl (C=O) groups is 1. The third-order valence-corrected chi connectivity index (χ3v) is 4.35. The molecule has 1 aliphatic rings. The summed E-state index contributed by atoms with van der Waals surface area (Å²) in [5.74, 6) is 0.813. The normalized spacial score (nSPS) is 19.1. The third kappa shape index (κ3) is 3.58. The molecule has 0 N–H and O–H groups in total. The molecule has 0 saturated heterocycles. The van der Waals surface area contributed by atoms with Crippen molar-refractivity contribution in [3.8, 4) is 0 Å². The summed E-state index contributed by atoms with van der Waals surface area (Å²) in [6.07, 6.45) is 7.15. The topological polar surface area (TPSA) is 20.3 Å². The summed E-state index contributed by atoms with van der Waals surface area (Å²) in [7, 11) is 2.07. The van der Waals surface area contributed by atoms with E-state index in [1.807, 2.05) is 0 Å². The van der Waals surface area contributed by atoms with Gasteiger partial charge in [-0.05, 0) is 40.2 Å². The molecule has 0 heterocycles. The van der Waals surface area contributed by atoms with Crippen LogP contribution in [0, 0.1) is 5.92 Å². The van der Waals surface area contributed by atoms with Crippen molar-refractivity contribution < 1.29 is 4.79 Å². The smallest absolute Gasteiger partial charge is 0.149 e. The molecule has 0 aromatic carbocycles. The first-order valence-electron chi connectivity index (χ1n) is 6.71. The molecule has 0 amide bonds. The van der Waals surface area contributed by atoms with Crippen LogP contribution in [0.3, 0.4) is 0 Å². The van der Waals surface area contributed by atoms with Crippen LogP contribution in [0.2, 0.25) is 0 Å². The van der Waals surface area contributed by atoms with Crippen LogP contribution < -0.4 is 0 Å². The van der Waals surface area contributed by atoms with Gasteiger partial charge in [-0.25, -0.2) is 0 Å². The lowest BCUT2D eigenvalue weighted by Gasteiger charge is -2.35. The second kappa shape index (κ2) is 5.81. The Hall–Kier alpha value is -0.370. The van der Waals surface area contributed by atoms with E-state index in [4.69, 9.17) is 0 Å². The van der Waals surface area contributed by atoms with E-state index in [0.29, 0.717) is 18.2 Å². The molecule has 0 spiro atoms. The first-order valence-corrected chi connectivity index (χ1v) is 6.71. The van der Waals surface area contributed by atoms with Gasteiger partial charge in [-0.2, -0.15) is 0 Å². The summed E-state index contributed by atoms with van der Waals surface area (Å²) in [5, 5.41) is 0. The molecule has 1 rings (SSSR count). The number of ketones is 1. The lowest BCUT2D eigenvalue weighted by atomic mass is 9.85. The van der Waals surface area contributed by atoms with Crippen molar-refractivity contribution in [3.05, 3.63) is 0 Å². The second-order valence-corrected chi connectivity index (χ2v) is 5.82. The average molecular weight is 225 g/mol. The number of hydrogen-bond acceptors (Lipinski definition) is 2. The number of carbonyl (C=O) groups excluding carboxylic acids is 1. The van der Waals surface area contributed by atoms with Crippen molar-refractivity contribution in [2.24, 2.45) is 5.92 Å². The Bertz CT molecular complexity index is 229. The molecule has 1 aliphatic carbocycles. The Kier molecular flexibility index (Phi) is 4.97. The molecule has 0 aromatic rings. The Morgan fingerprint density at radius 3 is 2.31 bits per heavy atom. The summed E-state index contributed by atoms with van der Waals surface area (Å²) >= 11 is 0. The van der Waals surface area contributed by atoms with Crippen LogP contribution in [0.25, 0.3) is 0 Å². The highest BCUT2D eigenvalue weighted by Gasteiger charge is 2.27. The SMILES string of the molecule is CCC(C)(C)N(C)CC(=O)C1CCCCC1. The minimum absolute atomic E-state index is 0.143. The van der Waals surface area contributed by atoms with E-state index in [-0.39, 0.29) is 5.54 Å². The molecule has 16 heavy (non-hydrogen) atoms. The average Bonchev–Trinajstić information content (AvgIpc) is 2.30. The summed E-state index contributed by atoms with van der Waals surface area (Å²) in [4.78, 5) is 14.3. The van der Waals surface area contributed by atoms with Crippen molar-refractivity contribution in [3.63, 3.8) is 0 Å². The maximum Gasteiger partial charge on any atom is 0.149 e. The Labute approximate surface area is 100 Å². The van der Waals surface area contributed by atoms with Crippen LogP contribution in [0.1, 0.15) is 59.3 Å². The quantitative estimate of drug-likeness (QED) is 0.716. The van der Waals surface area contributed by atoms with Gasteiger partial charge in [0, 0.05) is 11.5 Å². The van der Waals surface area contributed by atoms with Crippen LogP contribution in [-0.2, 0) is 4.79 Å². The van der Waals surface area contributed by atoms with E-state index < -0.39 is 0 Å². The fraction of sp³-hybridized carbons (Fsp3) is 0.929. The molecular formula is C14H27NO. The molecule has 0 aromatic heterocycles. The van der Waals surface area contributed by atoms with Crippen molar-refractivity contribution in [2.75, 3.05) is 13.6 Å². The van der Waals surface area contributed by atoms with Gasteiger partial charge in [-0.3, -0.25) is 9.69 Å². The van der Waals surface area contributed by atoms with E-state index in [2.05, 4.69) is 32.7 Å². The molecule has 1 saturated carbocycles. The number of hydrogen-bond donors (Lipinski definition) is 0. The van der Waals surface area contributed by atoms with Crippen LogP contribution in [-0.4, -0.2) is 29.8 Å². The van der Waals surface area contributed by atoms with Crippen LogP contribution >= 0.6 is 0 Å². The number of nitrogens with zero attached hydrogens (tertiary/aromatic N) is 1. The monoisotopic (exact) mass is 225 g/mol. The lowest BCUT2D eigenvalue weighted by molar-refractivity contribution is -0.125. The highest BCUT2D eigenvalue weighted by Crippen LogP contribution is 2.25. The maximum atomic E-state index is 12.1. The highest BCUT2D eigenvalue weighted by molar-refractivity contribution is 5.83. The first-order chi connectivity index (χ1) is 7.47. The predicted octanol–water partition coefficient (Wildman–Crippen LogP) is 3.26. The molecule has 0 aliphatic heterocycles. The van der Waals surface area contributed by atoms with Crippen molar-refractivity contribution in [1.82, 2.24) is 4.90 Å². The van der Waals surface area contributed by atoms with E-state index >= 15 is 0 Å². The Balaban J connectivity index is 2.43. The van der Waals surface area contributed by atoms with Gasteiger partial charge in [0.05, 0.1) is 6.54 Å². The third-order valence-electron chi connectivity index (χ3n) is 4.35. The van der Waals surface area contributed by atoms with Crippen LogP contribution in [0.4, 0.5) is 0 Å². The van der Waals surface area contributed by atoms with Gasteiger partial charge in [0.2, 0.25) is 0 Å². The zero-order valence-electron chi connectivity index (χ0n) is 11.4. The standard InChI is InChI=1S/C14H27NO/c1-5-14(2,3)15(4)11-13(16)12-9-7-6-8-10-12/h12H,5-11H2,1-4H3. The van der Waals surface area contributed by atoms with Gasteiger partial charge < -0.3 is 0 Å². The molecule has 94 valence electrons. The van der Waals surface area contributed by atoms with E-state index in [0.717, 1.165) is 19.3 Å². The minimum atomic E-state index is 0.143. The molecule has 0 unspecified atom stereocenters. The Morgan fingerprint density at radius 2 is 1.81 bits per heavy atom. The first kappa shape index (κ1) is 13.7. The zero-order valence-corrected chi connectivity index (χ0v) is 11.4. The second-order valence-electron chi connectivity index (χ2n) is 5.82. The molecule has 0 atom stereocenters. The Morgan fingerprint density at radius 1 is 1.25 bits per heavy atom. The largest absolute Gasteiger partial charge is 0.298 e. The summed E-state index contributed by atoms with van der Waals surface area (Å²) < 4.78 is 0. The number of Topliss-reactive ketones (excluding diaryl/α,β-unsaturated/α-hetero) is 1. The van der Waals surface area contributed by atoms with Gasteiger partial charge in [0.15, 0.2) is 0 Å². The number of rotatable bonds is 5. The van der Waals surface area contributed by atoms with Crippen molar-refractivity contribution in [1.29, 1.82) is 0 Å². The van der Waals surface area contributed by atoms with Gasteiger partial charge in [0.1, 0.15) is 5.78 Å². The van der Waals surface area contributed by atoms with E-state index in [1.54, 1.807) is 0 Å². The fourth-order valence-corrected chi connectivity index (χ4v) is 2.27. The van der Waals surface area contributed by atoms with Gasteiger partial charge >= 0.3 is 0 Å². The predicted molar refractivity (Wildman–Crippen MR) is 68.6 cm³/mol. The summed E-state index contributed by atoms with van der Waals surface area (Å²) in [6.45, 7) is 7.23. The molecular weight excluding hydrogens is 198 g/mol. The van der Waals surface area contributed by atoms with E-state index in [1.165, 1.54) is 19.3 Å². The van der Waals surface area contributed by atoms with Gasteiger partial charge in [-0.1, -0.05) is 26.2 Å². The highest BCUT2D eigenvalue weighted by atomic mass is 16.1. The minimum Gasteiger partial charge on any atom is -0.298 e. The van der Waals surface area contributed by atoms with Crippen LogP contribution in [0.15, 0.2) is 0 Å². The summed E-state index contributed by atoms with van der Waals surface area (Å²) in [5.41, 5.74) is 0.143. The van der Waals surface area contributed by atoms with Gasteiger partial charge in [0.25, 0.3) is 0 Å². The van der Waals surface area contributed by atoms with E-state index in [9.17, 15) is 4.79 Å². The van der Waals surface area contributed by atoms with Crippen molar-refractivity contribution in [2.45, 2.75) is 64.8 Å². The zero-order chi connectivity index (χ0) is 12.2. The molecule has 1 fully saturated rings. The molecule has 0 bridgehead atoms.